The van der Waals surface area contributed by atoms with E-state index in [4.69, 9.17) is 4.99 Å². The first-order chi connectivity index (χ1) is 11.8. The molecule has 1 nitrogen and oxygen atoms in total. The lowest BCUT2D eigenvalue weighted by atomic mass is 9.94. The predicted molar refractivity (Wildman–Crippen MR) is 106 cm³/mol. The van der Waals surface area contributed by atoms with Gasteiger partial charge in [-0.25, -0.2) is 0 Å². The van der Waals surface area contributed by atoms with Crippen molar-refractivity contribution in [2.45, 2.75) is 90.5 Å². The highest BCUT2D eigenvalue weighted by Gasteiger charge is 2.27. The molecule has 24 heavy (non-hydrogen) atoms. The van der Waals surface area contributed by atoms with Crippen molar-refractivity contribution in [1.29, 1.82) is 0 Å². The Labute approximate surface area is 148 Å². The van der Waals surface area contributed by atoms with Crippen molar-refractivity contribution in [2.75, 3.05) is 0 Å². The van der Waals surface area contributed by atoms with Gasteiger partial charge < -0.3 is 0 Å². The summed E-state index contributed by atoms with van der Waals surface area (Å²) < 4.78 is 0. The standard InChI is InChI=1S/C23H33N/c1-3-5-14-19-20-16-10-11-17-22(20)23(21(19)15-6-4-2)24-18-12-8-7-9-13-18/h10-11,16-18H,3-9,12-15H2,1-2H3. The van der Waals surface area contributed by atoms with Crippen LogP contribution in [0, 0.1) is 0 Å². The maximum absolute atomic E-state index is 5.33. The van der Waals surface area contributed by atoms with Crippen LogP contribution < -0.4 is 0 Å². The number of fused-ring (bicyclic) bond motifs is 1. The lowest BCUT2D eigenvalue weighted by Gasteiger charge is -2.19. The van der Waals surface area contributed by atoms with Crippen LogP contribution in [-0.2, 0) is 0 Å². The van der Waals surface area contributed by atoms with Gasteiger partial charge in [-0.05, 0) is 55.2 Å². The fourth-order valence-corrected chi connectivity index (χ4v) is 4.22. The Morgan fingerprint density at radius 1 is 0.833 bits per heavy atom. The second-order valence-electron chi connectivity index (χ2n) is 7.48. The number of aliphatic imine (C=N–C) groups is 1. The van der Waals surface area contributed by atoms with Gasteiger partial charge in [-0.15, -0.1) is 0 Å². The van der Waals surface area contributed by atoms with Crippen LogP contribution in [0.5, 0.6) is 0 Å². The normalized spacial score (nSPS) is 20.0. The molecule has 0 amide bonds. The third-order valence-electron chi connectivity index (χ3n) is 5.60. The molecule has 0 saturated heterocycles. The highest BCUT2D eigenvalue weighted by atomic mass is 14.8. The van der Waals surface area contributed by atoms with E-state index >= 15 is 0 Å². The average Bonchev–Trinajstić information content (AvgIpc) is 2.92. The van der Waals surface area contributed by atoms with Gasteiger partial charge in [0.2, 0.25) is 0 Å². The SMILES string of the molecule is CCCCC1=C(CCCC)c2ccccc2C1=NC1CCCCC1. The zero-order valence-corrected chi connectivity index (χ0v) is 15.6. The van der Waals surface area contributed by atoms with E-state index in [1.807, 2.05) is 0 Å². The lowest BCUT2D eigenvalue weighted by molar-refractivity contribution is 0.443. The molecular formula is C23H33N. The van der Waals surface area contributed by atoms with Crippen LogP contribution in [0.15, 0.2) is 34.8 Å². The molecule has 3 rings (SSSR count). The van der Waals surface area contributed by atoms with E-state index in [-0.39, 0.29) is 0 Å². The van der Waals surface area contributed by atoms with Crippen LogP contribution in [-0.4, -0.2) is 11.8 Å². The number of hydrogen-bond donors (Lipinski definition) is 0. The summed E-state index contributed by atoms with van der Waals surface area (Å²) in [4.78, 5) is 5.33. The molecule has 0 heterocycles. The van der Waals surface area contributed by atoms with E-state index in [0.717, 1.165) is 0 Å². The van der Waals surface area contributed by atoms with E-state index in [0.29, 0.717) is 6.04 Å². The summed E-state index contributed by atoms with van der Waals surface area (Å²) in [5.74, 6) is 0. The maximum Gasteiger partial charge on any atom is 0.0691 e. The van der Waals surface area contributed by atoms with Gasteiger partial charge in [-0.1, -0.05) is 70.2 Å². The summed E-state index contributed by atoms with van der Waals surface area (Å²) >= 11 is 0. The topological polar surface area (TPSA) is 12.4 Å². The van der Waals surface area contributed by atoms with Crippen molar-refractivity contribution in [3.63, 3.8) is 0 Å². The number of unbranched alkanes of at least 4 members (excludes halogenated alkanes) is 2. The van der Waals surface area contributed by atoms with Gasteiger partial charge in [-0.2, -0.15) is 0 Å². The van der Waals surface area contributed by atoms with Crippen molar-refractivity contribution in [1.82, 2.24) is 0 Å². The molecule has 1 aromatic carbocycles. The molecular weight excluding hydrogens is 290 g/mol. The number of hydrogen-bond acceptors (Lipinski definition) is 1. The summed E-state index contributed by atoms with van der Waals surface area (Å²) in [6.07, 6.45) is 14.2. The van der Waals surface area contributed by atoms with Crippen LogP contribution in [0.2, 0.25) is 0 Å². The van der Waals surface area contributed by atoms with Crippen molar-refractivity contribution < 1.29 is 0 Å². The molecule has 2 aliphatic rings. The predicted octanol–water partition coefficient (Wildman–Crippen LogP) is 6.96. The summed E-state index contributed by atoms with van der Waals surface area (Å²) in [5.41, 5.74) is 7.44. The molecule has 0 aromatic heterocycles. The quantitative estimate of drug-likeness (QED) is 0.514. The molecule has 0 aliphatic heterocycles. The molecule has 1 fully saturated rings. The molecule has 1 heteroatoms. The summed E-state index contributed by atoms with van der Waals surface area (Å²) in [6, 6.07) is 9.59. The molecule has 2 aliphatic carbocycles. The minimum absolute atomic E-state index is 0.559. The van der Waals surface area contributed by atoms with Crippen LogP contribution in [0.3, 0.4) is 0 Å². The van der Waals surface area contributed by atoms with Gasteiger partial charge in [0.05, 0.1) is 11.8 Å². The van der Waals surface area contributed by atoms with E-state index in [1.54, 1.807) is 11.1 Å². The van der Waals surface area contributed by atoms with Crippen LogP contribution in [0.1, 0.15) is 95.6 Å². The zero-order chi connectivity index (χ0) is 16.8. The molecule has 1 saturated carbocycles. The third-order valence-corrected chi connectivity index (χ3v) is 5.60. The Morgan fingerprint density at radius 2 is 1.46 bits per heavy atom. The first kappa shape index (κ1) is 17.5. The number of rotatable bonds is 7. The van der Waals surface area contributed by atoms with Gasteiger partial charge in [0.1, 0.15) is 0 Å². The molecule has 0 atom stereocenters. The Kier molecular flexibility index (Phi) is 6.29. The summed E-state index contributed by atoms with van der Waals surface area (Å²) in [7, 11) is 0. The van der Waals surface area contributed by atoms with Crippen LogP contribution in [0.25, 0.3) is 5.57 Å². The van der Waals surface area contributed by atoms with Gasteiger partial charge in [0, 0.05) is 5.56 Å². The van der Waals surface area contributed by atoms with E-state index in [2.05, 4.69) is 38.1 Å². The van der Waals surface area contributed by atoms with E-state index < -0.39 is 0 Å². The first-order valence-corrected chi connectivity index (χ1v) is 10.2. The average molecular weight is 324 g/mol. The molecule has 1 aromatic rings. The molecule has 0 N–H and O–H groups in total. The van der Waals surface area contributed by atoms with Gasteiger partial charge in [0.15, 0.2) is 0 Å². The second-order valence-corrected chi connectivity index (χ2v) is 7.48. The number of nitrogens with zero attached hydrogens (tertiary/aromatic N) is 1. The van der Waals surface area contributed by atoms with Crippen molar-refractivity contribution >= 4 is 11.3 Å². The van der Waals surface area contributed by atoms with Crippen molar-refractivity contribution in [3.05, 3.63) is 41.0 Å². The minimum Gasteiger partial charge on any atom is -0.281 e. The molecule has 0 bridgehead atoms. The van der Waals surface area contributed by atoms with E-state index in [9.17, 15) is 0 Å². The Bertz CT molecular complexity index is 602. The fourth-order valence-electron chi connectivity index (χ4n) is 4.22. The van der Waals surface area contributed by atoms with Crippen LogP contribution in [0.4, 0.5) is 0 Å². The number of benzene rings is 1. The summed E-state index contributed by atoms with van der Waals surface area (Å²) in [6.45, 7) is 4.59. The smallest absolute Gasteiger partial charge is 0.0691 e. The molecule has 0 spiro atoms. The Balaban J connectivity index is 1.99. The largest absolute Gasteiger partial charge is 0.281 e. The van der Waals surface area contributed by atoms with Gasteiger partial charge >= 0.3 is 0 Å². The van der Waals surface area contributed by atoms with Gasteiger partial charge in [0.25, 0.3) is 0 Å². The van der Waals surface area contributed by atoms with Crippen LogP contribution >= 0.6 is 0 Å². The Morgan fingerprint density at radius 3 is 2.12 bits per heavy atom. The van der Waals surface area contributed by atoms with Crippen molar-refractivity contribution in [3.8, 4) is 0 Å². The molecule has 0 radical (unpaired) electrons. The molecule has 0 unspecified atom stereocenters. The fraction of sp³-hybridized carbons (Fsp3) is 0.609. The third kappa shape index (κ3) is 3.82. The van der Waals surface area contributed by atoms with E-state index in [1.165, 1.54) is 87.5 Å². The van der Waals surface area contributed by atoms with Gasteiger partial charge in [-0.3, -0.25) is 4.99 Å². The monoisotopic (exact) mass is 323 g/mol. The highest BCUT2D eigenvalue weighted by molar-refractivity contribution is 6.23. The number of allylic oxidation sites excluding steroid dienone is 2. The highest BCUT2D eigenvalue weighted by Crippen LogP contribution is 2.39. The zero-order valence-electron chi connectivity index (χ0n) is 15.6. The minimum atomic E-state index is 0.559. The second kappa shape index (κ2) is 8.65. The summed E-state index contributed by atoms with van der Waals surface area (Å²) in [5, 5.41) is 0. The lowest BCUT2D eigenvalue weighted by Crippen LogP contribution is -2.14. The maximum atomic E-state index is 5.33. The molecule has 130 valence electrons. The first-order valence-electron chi connectivity index (χ1n) is 10.2. The Hall–Kier alpha value is -1.37. The van der Waals surface area contributed by atoms with Crippen molar-refractivity contribution in [2.24, 2.45) is 4.99 Å².